The van der Waals surface area contributed by atoms with Crippen molar-refractivity contribution >= 4 is 48.3 Å². The molecule has 136 valence electrons. The summed E-state index contributed by atoms with van der Waals surface area (Å²) in [6.07, 6.45) is 2.17. The molecule has 6 heteroatoms. The SMILES string of the molecule is COC(=O)C1(C(=O)OC)C=C(c2ccsc2)C(C[Se]c2ccccc2)C1. The Balaban J connectivity index is 1.92. The zero-order valence-corrected chi connectivity index (χ0v) is 17.2. The third-order valence-electron chi connectivity index (χ3n) is 4.56. The molecule has 0 fully saturated rings. The van der Waals surface area contributed by atoms with E-state index < -0.39 is 17.4 Å². The minimum absolute atomic E-state index is 0.114. The van der Waals surface area contributed by atoms with Gasteiger partial charge in [0.15, 0.2) is 0 Å². The van der Waals surface area contributed by atoms with Crippen LogP contribution in [0, 0.1) is 11.3 Å². The minimum atomic E-state index is -1.35. The number of thiophene rings is 1. The van der Waals surface area contributed by atoms with Crippen molar-refractivity contribution in [3.05, 3.63) is 58.8 Å². The normalized spacial score (nSPS) is 18.2. The van der Waals surface area contributed by atoms with Gasteiger partial charge in [0.2, 0.25) is 0 Å². The van der Waals surface area contributed by atoms with E-state index in [1.807, 2.05) is 29.6 Å². The molecule has 0 amide bonds. The Morgan fingerprint density at radius 3 is 2.42 bits per heavy atom. The van der Waals surface area contributed by atoms with Crippen LogP contribution in [0.25, 0.3) is 5.57 Å². The summed E-state index contributed by atoms with van der Waals surface area (Å²) in [5.74, 6) is -0.985. The summed E-state index contributed by atoms with van der Waals surface area (Å²) < 4.78 is 11.2. The molecule has 0 bridgehead atoms. The summed E-state index contributed by atoms with van der Waals surface area (Å²) in [5, 5.41) is 4.97. The molecule has 1 unspecified atom stereocenters. The van der Waals surface area contributed by atoms with E-state index in [1.165, 1.54) is 18.7 Å². The zero-order valence-electron chi connectivity index (χ0n) is 14.6. The van der Waals surface area contributed by atoms with Gasteiger partial charge in [0.25, 0.3) is 0 Å². The fourth-order valence-corrected chi connectivity index (χ4v) is 6.13. The van der Waals surface area contributed by atoms with Gasteiger partial charge < -0.3 is 0 Å². The van der Waals surface area contributed by atoms with E-state index in [-0.39, 0.29) is 20.9 Å². The van der Waals surface area contributed by atoms with Gasteiger partial charge >= 0.3 is 163 Å². The molecule has 0 aliphatic heterocycles. The van der Waals surface area contributed by atoms with Gasteiger partial charge in [-0.05, 0) is 0 Å². The van der Waals surface area contributed by atoms with Crippen LogP contribution in [0.3, 0.4) is 0 Å². The number of hydrogen-bond acceptors (Lipinski definition) is 5. The molecular weight excluding hydrogens is 415 g/mol. The second kappa shape index (κ2) is 8.21. The first-order chi connectivity index (χ1) is 12.6. The second-order valence-electron chi connectivity index (χ2n) is 6.09. The third-order valence-corrected chi connectivity index (χ3v) is 7.71. The number of carbonyl (C=O) groups is 2. The van der Waals surface area contributed by atoms with Crippen molar-refractivity contribution in [2.24, 2.45) is 11.3 Å². The van der Waals surface area contributed by atoms with Crippen LogP contribution in [-0.4, -0.2) is 41.1 Å². The second-order valence-corrected chi connectivity index (χ2v) is 9.17. The van der Waals surface area contributed by atoms with Crippen molar-refractivity contribution in [2.45, 2.75) is 11.7 Å². The Bertz CT molecular complexity index is 782. The molecule has 1 aromatic heterocycles. The summed E-state index contributed by atoms with van der Waals surface area (Å²) >= 11 is 1.86. The summed E-state index contributed by atoms with van der Waals surface area (Å²) in [5.41, 5.74) is 0.761. The average Bonchev–Trinajstić information content (AvgIpc) is 3.34. The first kappa shape index (κ1) is 18.9. The Hall–Kier alpha value is -1.88. The molecule has 1 aliphatic rings. The average molecular weight is 435 g/mol. The maximum atomic E-state index is 12.5. The molecule has 1 aliphatic carbocycles. The number of hydrogen-bond donors (Lipinski definition) is 0. The Morgan fingerprint density at radius 1 is 1.15 bits per heavy atom. The van der Waals surface area contributed by atoms with Crippen molar-refractivity contribution in [3.63, 3.8) is 0 Å². The first-order valence-corrected chi connectivity index (χ1v) is 11.2. The van der Waals surface area contributed by atoms with Gasteiger partial charge in [0, 0.05) is 0 Å². The molecule has 26 heavy (non-hydrogen) atoms. The van der Waals surface area contributed by atoms with Crippen LogP contribution < -0.4 is 4.46 Å². The number of allylic oxidation sites excluding steroid dienone is 1. The van der Waals surface area contributed by atoms with E-state index in [4.69, 9.17) is 9.47 Å². The first-order valence-electron chi connectivity index (χ1n) is 8.20. The molecule has 1 atom stereocenters. The molecule has 0 saturated carbocycles. The Kier molecular flexibility index (Phi) is 5.97. The molecule has 4 nitrogen and oxygen atoms in total. The number of rotatable bonds is 6. The molecular formula is C20H20O4SSe. The van der Waals surface area contributed by atoms with Crippen LogP contribution in [0.4, 0.5) is 0 Å². The van der Waals surface area contributed by atoms with Crippen LogP contribution >= 0.6 is 11.3 Å². The Morgan fingerprint density at radius 2 is 1.85 bits per heavy atom. The predicted octanol–water partition coefficient (Wildman–Crippen LogP) is 2.93. The van der Waals surface area contributed by atoms with Crippen molar-refractivity contribution in [2.75, 3.05) is 14.2 Å². The molecule has 0 saturated heterocycles. The number of carbonyl (C=O) groups excluding carboxylic acids is 2. The quantitative estimate of drug-likeness (QED) is 0.398. The maximum absolute atomic E-state index is 12.5. The number of esters is 2. The Labute approximate surface area is 163 Å². The van der Waals surface area contributed by atoms with Gasteiger partial charge in [-0.25, -0.2) is 0 Å². The number of benzene rings is 1. The monoisotopic (exact) mass is 436 g/mol. The van der Waals surface area contributed by atoms with Crippen LogP contribution in [0.5, 0.6) is 0 Å². The van der Waals surface area contributed by atoms with E-state index in [9.17, 15) is 9.59 Å². The van der Waals surface area contributed by atoms with Gasteiger partial charge in [-0.2, -0.15) is 0 Å². The van der Waals surface area contributed by atoms with Crippen LogP contribution in [0.2, 0.25) is 5.32 Å². The van der Waals surface area contributed by atoms with Crippen LogP contribution in [0.15, 0.2) is 53.2 Å². The van der Waals surface area contributed by atoms with Crippen LogP contribution in [-0.2, 0) is 19.1 Å². The van der Waals surface area contributed by atoms with Crippen molar-refractivity contribution in [1.82, 2.24) is 0 Å². The molecule has 0 radical (unpaired) electrons. The van der Waals surface area contributed by atoms with Gasteiger partial charge in [0.1, 0.15) is 0 Å². The summed E-state index contributed by atoms with van der Waals surface area (Å²) in [6.45, 7) is 0. The van der Waals surface area contributed by atoms with Crippen molar-refractivity contribution < 1.29 is 19.1 Å². The fourth-order valence-electron chi connectivity index (χ4n) is 3.28. The third kappa shape index (κ3) is 3.63. The van der Waals surface area contributed by atoms with Gasteiger partial charge in [-0.3, -0.25) is 0 Å². The van der Waals surface area contributed by atoms with E-state index >= 15 is 0 Å². The zero-order chi connectivity index (χ0) is 18.6. The molecule has 3 rings (SSSR count). The summed E-state index contributed by atoms with van der Waals surface area (Å²) in [6, 6.07) is 12.4. The van der Waals surface area contributed by atoms with Crippen LogP contribution in [0.1, 0.15) is 12.0 Å². The summed E-state index contributed by atoms with van der Waals surface area (Å²) in [4.78, 5) is 25.0. The van der Waals surface area contributed by atoms with E-state index in [2.05, 4.69) is 17.5 Å². The summed E-state index contributed by atoms with van der Waals surface area (Å²) in [7, 11) is 2.62. The molecule has 1 aromatic carbocycles. The topological polar surface area (TPSA) is 52.6 Å². The molecule has 2 aromatic rings. The van der Waals surface area contributed by atoms with Gasteiger partial charge in [0.05, 0.1) is 0 Å². The van der Waals surface area contributed by atoms with Gasteiger partial charge in [-0.15, -0.1) is 0 Å². The van der Waals surface area contributed by atoms with E-state index in [0.717, 1.165) is 16.5 Å². The van der Waals surface area contributed by atoms with E-state index in [0.29, 0.717) is 6.42 Å². The van der Waals surface area contributed by atoms with Crippen molar-refractivity contribution in [3.8, 4) is 0 Å². The predicted molar refractivity (Wildman–Crippen MR) is 104 cm³/mol. The number of methoxy groups -OCH3 is 2. The molecule has 1 heterocycles. The van der Waals surface area contributed by atoms with E-state index in [1.54, 1.807) is 17.4 Å². The molecule has 0 N–H and O–H groups in total. The number of ether oxygens (including phenoxy) is 2. The standard InChI is InChI=1S/C20H20O4SSe/c1-23-18(21)20(19(22)24-2)10-15(13-26-16-6-4-3-5-7-16)17(11-20)14-8-9-25-12-14/h3-9,11-12,15H,10,13H2,1-2H3. The fraction of sp³-hybridized carbons (Fsp3) is 0.300. The molecule has 0 spiro atoms. The van der Waals surface area contributed by atoms with Crippen molar-refractivity contribution in [1.29, 1.82) is 0 Å². The van der Waals surface area contributed by atoms with Gasteiger partial charge in [-0.1, -0.05) is 0 Å².